The maximum atomic E-state index is 9.41. The highest BCUT2D eigenvalue weighted by Gasteiger charge is 2.24. The molecule has 1 fully saturated rings. The average Bonchev–Trinajstić information content (AvgIpc) is 2.29. The van der Waals surface area contributed by atoms with Crippen LogP contribution in [0.15, 0.2) is 24.4 Å². The van der Waals surface area contributed by atoms with Crippen LogP contribution < -0.4 is 4.90 Å². The number of nitrogens with zero attached hydrogens (tertiary/aromatic N) is 3. The lowest BCUT2D eigenvalue weighted by atomic mass is 10.1. The van der Waals surface area contributed by atoms with E-state index in [0.717, 1.165) is 32.0 Å². The van der Waals surface area contributed by atoms with E-state index >= 15 is 0 Å². The Morgan fingerprint density at radius 1 is 1.47 bits per heavy atom. The van der Waals surface area contributed by atoms with Crippen LogP contribution >= 0.6 is 0 Å². The third-order valence-electron chi connectivity index (χ3n) is 3.18. The number of hydrogen-bond acceptors (Lipinski definition) is 4. The number of rotatable bonds is 3. The molecule has 4 nitrogen and oxygen atoms in total. The Kier molecular flexibility index (Phi) is 3.97. The molecule has 1 aromatic rings. The SMILES string of the molecule is C[C@H](O)CN1CCN(c2ccccn2)[C@@H](C)C1. The molecule has 1 N–H and O–H groups in total. The van der Waals surface area contributed by atoms with Crippen LogP contribution in [-0.2, 0) is 0 Å². The second kappa shape index (κ2) is 5.47. The van der Waals surface area contributed by atoms with E-state index in [1.54, 1.807) is 0 Å². The van der Waals surface area contributed by atoms with Crippen LogP contribution in [0.25, 0.3) is 0 Å². The molecule has 1 saturated heterocycles. The van der Waals surface area contributed by atoms with Gasteiger partial charge in [-0.3, -0.25) is 4.90 Å². The minimum atomic E-state index is -0.247. The number of aliphatic hydroxyl groups excluding tert-OH is 1. The van der Waals surface area contributed by atoms with Gasteiger partial charge >= 0.3 is 0 Å². The molecule has 4 heteroatoms. The highest BCUT2D eigenvalue weighted by molar-refractivity contribution is 5.39. The molecular formula is C13H21N3O. The van der Waals surface area contributed by atoms with E-state index in [0.29, 0.717) is 6.04 Å². The van der Waals surface area contributed by atoms with Crippen molar-refractivity contribution in [1.29, 1.82) is 0 Å². The molecule has 0 amide bonds. The first-order chi connectivity index (χ1) is 8.16. The number of hydrogen-bond donors (Lipinski definition) is 1. The normalized spacial score (nSPS) is 23.7. The quantitative estimate of drug-likeness (QED) is 0.847. The molecule has 2 rings (SSSR count). The standard InChI is InChI=1S/C13H21N3O/c1-11-9-15(10-12(2)17)7-8-16(11)13-5-3-4-6-14-13/h3-6,11-12,17H,7-10H2,1-2H3/t11-,12-/m0/s1. The summed E-state index contributed by atoms with van der Waals surface area (Å²) in [6.45, 7) is 7.78. The molecule has 0 radical (unpaired) electrons. The largest absolute Gasteiger partial charge is 0.392 e. The van der Waals surface area contributed by atoms with Gasteiger partial charge in [0.1, 0.15) is 5.82 Å². The van der Waals surface area contributed by atoms with Crippen LogP contribution in [0.2, 0.25) is 0 Å². The van der Waals surface area contributed by atoms with E-state index in [1.165, 1.54) is 0 Å². The second-order valence-electron chi connectivity index (χ2n) is 4.84. The van der Waals surface area contributed by atoms with Gasteiger partial charge in [-0.2, -0.15) is 0 Å². The number of aliphatic hydroxyl groups is 1. The van der Waals surface area contributed by atoms with Gasteiger partial charge in [0.15, 0.2) is 0 Å². The molecule has 2 atom stereocenters. The van der Waals surface area contributed by atoms with Gasteiger partial charge < -0.3 is 10.0 Å². The summed E-state index contributed by atoms with van der Waals surface area (Å²) in [7, 11) is 0. The minimum Gasteiger partial charge on any atom is -0.392 e. The second-order valence-corrected chi connectivity index (χ2v) is 4.84. The van der Waals surface area contributed by atoms with Crippen LogP contribution in [0.3, 0.4) is 0 Å². The summed E-state index contributed by atoms with van der Waals surface area (Å²) in [4.78, 5) is 9.04. The summed E-state index contributed by atoms with van der Waals surface area (Å²) in [6, 6.07) is 6.47. The highest BCUT2D eigenvalue weighted by atomic mass is 16.3. The van der Waals surface area contributed by atoms with Crippen molar-refractivity contribution >= 4 is 5.82 Å². The van der Waals surface area contributed by atoms with Crippen molar-refractivity contribution in [3.63, 3.8) is 0 Å². The van der Waals surface area contributed by atoms with Gasteiger partial charge in [0.05, 0.1) is 6.10 Å². The van der Waals surface area contributed by atoms with Crippen LogP contribution in [-0.4, -0.2) is 53.3 Å². The molecule has 1 aliphatic heterocycles. The Hall–Kier alpha value is -1.13. The molecule has 0 unspecified atom stereocenters. The van der Waals surface area contributed by atoms with E-state index in [1.807, 2.05) is 25.3 Å². The predicted octanol–water partition coefficient (Wildman–Crippen LogP) is 0.973. The first-order valence-electron chi connectivity index (χ1n) is 6.25. The summed E-state index contributed by atoms with van der Waals surface area (Å²) in [5.74, 6) is 1.05. The molecule has 1 aliphatic rings. The minimum absolute atomic E-state index is 0.247. The molecule has 0 bridgehead atoms. The maximum absolute atomic E-state index is 9.41. The third-order valence-corrected chi connectivity index (χ3v) is 3.18. The number of β-amino-alcohol motifs (C(OH)–C–C–N with tert-alkyl or cyclic N) is 1. The van der Waals surface area contributed by atoms with Gasteiger partial charge in [0.2, 0.25) is 0 Å². The number of anilines is 1. The van der Waals surface area contributed by atoms with Crippen LogP contribution in [0.1, 0.15) is 13.8 Å². The smallest absolute Gasteiger partial charge is 0.128 e. The Labute approximate surface area is 103 Å². The summed E-state index contributed by atoms with van der Waals surface area (Å²) >= 11 is 0. The van der Waals surface area contributed by atoms with Crippen LogP contribution in [0.4, 0.5) is 5.82 Å². The summed E-state index contributed by atoms with van der Waals surface area (Å²) < 4.78 is 0. The van der Waals surface area contributed by atoms with Gasteiger partial charge in [-0.05, 0) is 26.0 Å². The molecule has 17 heavy (non-hydrogen) atoms. The van der Waals surface area contributed by atoms with Crippen molar-refractivity contribution in [3.05, 3.63) is 24.4 Å². The molecule has 1 aromatic heterocycles. The van der Waals surface area contributed by atoms with E-state index in [-0.39, 0.29) is 6.10 Å². The van der Waals surface area contributed by atoms with E-state index in [4.69, 9.17) is 0 Å². The Morgan fingerprint density at radius 3 is 2.88 bits per heavy atom. The van der Waals surface area contributed by atoms with Crippen LogP contribution in [0.5, 0.6) is 0 Å². The average molecular weight is 235 g/mol. The summed E-state index contributed by atoms with van der Waals surface area (Å²) in [5, 5.41) is 9.41. The van der Waals surface area contributed by atoms with E-state index in [2.05, 4.69) is 27.8 Å². The molecular weight excluding hydrogens is 214 g/mol. The first-order valence-corrected chi connectivity index (χ1v) is 6.25. The Morgan fingerprint density at radius 2 is 2.29 bits per heavy atom. The monoisotopic (exact) mass is 235 g/mol. The van der Waals surface area contributed by atoms with Gasteiger partial charge in [0, 0.05) is 38.4 Å². The molecule has 2 heterocycles. The fraction of sp³-hybridized carbons (Fsp3) is 0.615. The number of pyridine rings is 1. The van der Waals surface area contributed by atoms with Crippen molar-refractivity contribution in [3.8, 4) is 0 Å². The van der Waals surface area contributed by atoms with Crippen molar-refractivity contribution < 1.29 is 5.11 Å². The lowest BCUT2D eigenvalue weighted by Gasteiger charge is -2.40. The van der Waals surface area contributed by atoms with Gasteiger partial charge in [0.25, 0.3) is 0 Å². The number of aromatic nitrogens is 1. The lowest BCUT2D eigenvalue weighted by Crippen LogP contribution is -2.53. The molecule has 0 spiro atoms. The van der Waals surface area contributed by atoms with Gasteiger partial charge in [-0.15, -0.1) is 0 Å². The number of piperazine rings is 1. The van der Waals surface area contributed by atoms with Crippen molar-refractivity contribution in [2.75, 3.05) is 31.1 Å². The van der Waals surface area contributed by atoms with E-state index in [9.17, 15) is 5.11 Å². The fourth-order valence-electron chi connectivity index (χ4n) is 2.44. The Bertz CT molecular complexity index is 342. The fourth-order valence-corrected chi connectivity index (χ4v) is 2.44. The zero-order chi connectivity index (χ0) is 12.3. The maximum Gasteiger partial charge on any atom is 0.128 e. The lowest BCUT2D eigenvalue weighted by molar-refractivity contribution is 0.114. The van der Waals surface area contributed by atoms with E-state index < -0.39 is 0 Å². The predicted molar refractivity (Wildman–Crippen MR) is 69.2 cm³/mol. The van der Waals surface area contributed by atoms with Gasteiger partial charge in [-0.1, -0.05) is 6.07 Å². The van der Waals surface area contributed by atoms with Gasteiger partial charge in [-0.25, -0.2) is 4.98 Å². The molecule has 94 valence electrons. The molecule has 0 aromatic carbocycles. The van der Waals surface area contributed by atoms with Crippen molar-refractivity contribution in [2.24, 2.45) is 0 Å². The molecule has 0 saturated carbocycles. The third kappa shape index (κ3) is 3.17. The Balaban J connectivity index is 1.97. The topological polar surface area (TPSA) is 39.6 Å². The zero-order valence-corrected chi connectivity index (χ0v) is 10.6. The first kappa shape index (κ1) is 12.3. The van der Waals surface area contributed by atoms with Crippen LogP contribution in [0, 0.1) is 0 Å². The molecule has 0 aliphatic carbocycles. The zero-order valence-electron chi connectivity index (χ0n) is 10.6. The highest BCUT2D eigenvalue weighted by Crippen LogP contribution is 2.17. The van der Waals surface area contributed by atoms with Crippen molar-refractivity contribution in [2.45, 2.75) is 26.0 Å². The van der Waals surface area contributed by atoms with Crippen molar-refractivity contribution in [1.82, 2.24) is 9.88 Å². The summed E-state index contributed by atoms with van der Waals surface area (Å²) in [5.41, 5.74) is 0. The summed E-state index contributed by atoms with van der Waals surface area (Å²) in [6.07, 6.45) is 1.59.